The van der Waals surface area contributed by atoms with E-state index >= 15 is 0 Å². The summed E-state index contributed by atoms with van der Waals surface area (Å²) in [7, 11) is -3.60. The Morgan fingerprint density at radius 1 is 1.00 bits per heavy atom. The van der Waals surface area contributed by atoms with Gasteiger partial charge in [-0.2, -0.15) is 0 Å². The number of thiazole rings is 1. The number of ether oxygens (including phenoxy) is 2. The summed E-state index contributed by atoms with van der Waals surface area (Å²) in [6, 6.07) is 21.6. The fourth-order valence-electron chi connectivity index (χ4n) is 3.87. The average Bonchev–Trinajstić information content (AvgIpc) is 3.32. The number of benzene rings is 3. The van der Waals surface area contributed by atoms with E-state index in [1.54, 1.807) is 53.8 Å². The van der Waals surface area contributed by atoms with E-state index in [1.807, 2.05) is 30.3 Å². The molecule has 1 saturated heterocycles. The van der Waals surface area contributed by atoms with E-state index in [9.17, 15) is 8.42 Å². The van der Waals surface area contributed by atoms with Crippen molar-refractivity contribution in [3.05, 3.63) is 78.4 Å². The maximum Gasteiger partial charge on any atom is 0.261 e. The summed E-state index contributed by atoms with van der Waals surface area (Å²) in [5, 5.41) is 4.18. The molecule has 0 bridgehead atoms. The van der Waals surface area contributed by atoms with Crippen LogP contribution < -0.4 is 14.8 Å². The molecule has 36 heavy (non-hydrogen) atoms. The van der Waals surface area contributed by atoms with Gasteiger partial charge in [-0.15, -0.1) is 0 Å². The minimum Gasteiger partial charge on any atom is -0.492 e. The number of hydrogen-bond acceptors (Lipinski definition) is 8. The normalized spacial score (nSPS) is 14.6. The van der Waals surface area contributed by atoms with E-state index in [2.05, 4.69) is 19.9 Å². The van der Waals surface area contributed by atoms with Crippen molar-refractivity contribution < 1.29 is 17.9 Å². The van der Waals surface area contributed by atoms with Crippen LogP contribution >= 0.6 is 11.3 Å². The zero-order valence-electron chi connectivity index (χ0n) is 19.7. The fraction of sp³-hybridized carbons (Fsp3) is 0.269. The smallest absolute Gasteiger partial charge is 0.261 e. The lowest BCUT2D eigenvalue weighted by molar-refractivity contribution is 0.0322. The van der Waals surface area contributed by atoms with Crippen molar-refractivity contribution in [1.29, 1.82) is 0 Å². The first-order valence-electron chi connectivity index (χ1n) is 11.8. The van der Waals surface area contributed by atoms with Gasteiger partial charge in [0.25, 0.3) is 10.0 Å². The van der Waals surface area contributed by atoms with Crippen molar-refractivity contribution in [1.82, 2.24) is 9.88 Å². The van der Waals surface area contributed by atoms with Crippen molar-refractivity contribution in [2.45, 2.75) is 11.4 Å². The molecule has 0 spiro atoms. The van der Waals surface area contributed by atoms with E-state index < -0.39 is 10.0 Å². The van der Waals surface area contributed by atoms with Gasteiger partial charge >= 0.3 is 0 Å². The van der Waals surface area contributed by atoms with Gasteiger partial charge in [0.05, 0.1) is 28.3 Å². The Balaban J connectivity index is 1.14. The van der Waals surface area contributed by atoms with Crippen LogP contribution in [0.4, 0.5) is 10.8 Å². The van der Waals surface area contributed by atoms with Gasteiger partial charge in [0.2, 0.25) is 0 Å². The molecule has 2 heterocycles. The van der Waals surface area contributed by atoms with E-state index in [0.717, 1.165) is 59.5 Å². The fourth-order valence-corrected chi connectivity index (χ4v) is 5.84. The Morgan fingerprint density at radius 2 is 1.78 bits per heavy atom. The zero-order chi connectivity index (χ0) is 24.8. The standard InChI is InChI=1S/C26H28N4O4S2/c31-36(32,23-4-2-1-3-5-23)29-21-8-6-20(7-9-21)19-27-26-28-24-11-10-22(18-25(24)35-26)34-17-14-30-12-15-33-16-13-30/h1-11,18,29H,12-17,19H2,(H,27,28). The number of sulfonamides is 1. The summed E-state index contributed by atoms with van der Waals surface area (Å²) >= 11 is 1.58. The first kappa shape index (κ1) is 24.5. The quantitative estimate of drug-likeness (QED) is 0.317. The molecule has 0 atom stereocenters. The van der Waals surface area contributed by atoms with Crippen molar-refractivity contribution in [2.24, 2.45) is 0 Å². The van der Waals surface area contributed by atoms with Crippen LogP contribution in [0.3, 0.4) is 0 Å². The minimum atomic E-state index is -3.60. The average molecular weight is 525 g/mol. The van der Waals surface area contributed by atoms with Crippen molar-refractivity contribution >= 4 is 42.4 Å². The molecule has 4 aromatic rings. The predicted molar refractivity (Wildman–Crippen MR) is 143 cm³/mol. The van der Waals surface area contributed by atoms with E-state index in [-0.39, 0.29) is 4.90 Å². The van der Waals surface area contributed by atoms with Crippen LogP contribution in [-0.2, 0) is 21.3 Å². The maximum absolute atomic E-state index is 12.5. The topological polar surface area (TPSA) is 92.8 Å². The number of anilines is 2. The van der Waals surface area contributed by atoms with Gasteiger partial charge in [-0.05, 0) is 48.0 Å². The highest BCUT2D eigenvalue weighted by Crippen LogP contribution is 2.29. The second-order valence-electron chi connectivity index (χ2n) is 8.42. The molecule has 0 saturated carbocycles. The third-order valence-electron chi connectivity index (χ3n) is 5.84. The molecule has 0 aliphatic carbocycles. The van der Waals surface area contributed by atoms with E-state index in [0.29, 0.717) is 18.8 Å². The van der Waals surface area contributed by atoms with Crippen LogP contribution in [-0.4, -0.2) is 57.8 Å². The Labute approximate surface area is 214 Å². The molecule has 5 rings (SSSR count). The molecule has 2 N–H and O–H groups in total. The number of morpholine rings is 1. The third kappa shape index (κ3) is 6.33. The maximum atomic E-state index is 12.5. The number of fused-ring (bicyclic) bond motifs is 1. The molecule has 10 heteroatoms. The monoisotopic (exact) mass is 524 g/mol. The largest absolute Gasteiger partial charge is 0.492 e. The minimum absolute atomic E-state index is 0.234. The summed E-state index contributed by atoms with van der Waals surface area (Å²) in [6.45, 7) is 5.61. The summed E-state index contributed by atoms with van der Waals surface area (Å²) in [5.41, 5.74) is 2.46. The van der Waals surface area contributed by atoms with Gasteiger partial charge in [0.1, 0.15) is 12.4 Å². The predicted octanol–water partition coefficient (Wildman–Crippen LogP) is 4.42. The molecule has 1 aromatic heterocycles. The van der Waals surface area contributed by atoms with Gasteiger partial charge in [0.15, 0.2) is 5.13 Å². The highest BCUT2D eigenvalue weighted by atomic mass is 32.2. The van der Waals surface area contributed by atoms with Crippen LogP contribution in [0.2, 0.25) is 0 Å². The van der Waals surface area contributed by atoms with Gasteiger partial charge in [-0.3, -0.25) is 9.62 Å². The first-order chi connectivity index (χ1) is 17.5. The second kappa shape index (κ2) is 11.3. The van der Waals surface area contributed by atoms with Crippen LogP contribution in [0.15, 0.2) is 77.7 Å². The third-order valence-corrected chi connectivity index (χ3v) is 8.22. The molecule has 3 aromatic carbocycles. The van der Waals surface area contributed by atoms with Crippen molar-refractivity contribution in [3.8, 4) is 5.75 Å². The first-order valence-corrected chi connectivity index (χ1v) is 14.1. The van der Waals surface area contributed by atoms with Gasteiger partial charge in [0, 0.05) is 31.9 Å². The molecular weight excluding hydrogens is 496 g/mol. The Kier molecular flexibility index (Phi) is 7.66. The lowest BCUT2D eigenvalue weighted by Crippen LogP contribution is -2.38. The zero-order valence-corrected chi connectivity index (χ0v) is 21.4. The summed E-state index contributed by atoms with van der Waals surface area (Å²) < 4.78 is 40.0. The number of hydrogen-bond donors (Lipinski definition) is 2. The van der Waals surface area contributed by atoms with Crippen LogP contribution in [0.25, 0.3) is 10.2 Å². The molecule has 0 radical (unpaired) electrons. The summed E-state index contributed by atoms with van der Waals surface area (Å²) in [6.07, 6.45) is 0. The number of rotatable bonds is 10. The highest BCUT2D eigenvalue weighted by Gasteiger charge is 2.13. The lowest BCUT2D eigenvalue weighted by Gasteiger charge is -2.26. The Hall–Kier alpha value is -3.18. The number of nitrogens with one attached hydrogen (secondary N) is 2. The molecular formula is C26H28N4O4S2. The Morgan fingerprint density at radius 3 is 2.56 bits per heavy atom. The van der Waals surface area contributed by atoms with E-state index in [1.165, 1.54) is 0 Å². The van der Waals surface area contributed by atoms with E-state index in [4.69, 9.17) is 9.47 Å². The highest BCUT2D eigenvalue weighted by molar-refractivity contribution is 7.92. The summed E-state index contributed by atoms with van der Waals surface area (Å²) in [4.78, 5) is 7.24. The molecule has 188 valence electrons. The SMILES string of the molecule is O=S(=O)(Nc1ccc(CNc2nc3ccc(OCCN4CCOCC4)cc3s2)cc1)c1ccccc1. The second-order valence-corrected chi connectivity index (χ2v) is 11.1. The van der Waals surface area contributed by atoms with Crippen molar-refractivity contribution in [2.75, 3.05) is 49.5 Å². The molecule has 1 aliphatic heterocycles. The molecule has 0 amide bonds. The van der Waals surface area contributed by atoms with Gasteiger partial charge in [-0.25, -0.2) is 13.4 Å². The molecule has 0 unspecified atom stereocenters. The van der Waals surface area contributed by atoms with Crippen LogP contribution in [0.1, 0.15) is 5.56 Å². The summed E-state index contributed by atoms with van der Waals surface area (Å²) in [5.74, 6) is 0.847. The van der Waals surface area contributed by atoms with Crippen LogP contribution in [0.5, 0.6) is 5.75 Å². The molecule has 1 aliphatic rings. The number of aromatic nitrogens is 1. The lowest BCUT2D eigenvalue weighted by atomic mass is 10.2. The number of nitrogens with zero attached hydrogens (tertiary/aromatic N) is 2. The van der Waals surface area contributed by atoms with Crippen molar-refractivity contribution in [3.63, 3.8) is 0 Å². The Bertz CT molecular complexity index is 1390. The van der Waals surface area contributed by atoms with Gasteiger partial charge in [-0.1, -0.05) is 41.7 Å². The molecule has 8 nitrogen and oxygen atoms in total. The van der Waals surface area contributed by atoms with Crippen LogP contribution in [0, 0.1) is 0 Å². The molecule has 1 fully saturated rings. The van der Waals surface area contributed by atoms with Gasteiger partial charge < -0.3 is 14.8 Å².